The molecule has 0 radical (unpaired) electrons. The highest BCUT2D eigenvalue weighted by Gasteiger charge is 2.57. The van der Waals surface area contributed by atoms with Crippen LogP contribution in [-0.4, -0.2) is 24.7 Å². The molecule has 4 heteroatoms. The summed E-state index contributed by atoms with van der Waals surface area (Å²) in [6.07, 6.45) is 8.26. The number of amides is 1. The number of hydrogen-bond acceptors (Lipinski definition) is 3. The summed E-state index contributed by atoms with van der Waals surface area (Å²) in [5.41, 5.74) is 3.96. The van der Waals surface area contributed by atoms with E-state index in [1.165, 1.54) is 29.7 Å². The molecule has 4 rings (SSSR count). The third-order valence-electron chi connectivity index (χ3n) is 6.78. The number of nitrogens with one attached hydrogen (secondary N) is 1. The van der Waals surface area contributed by atoms with Gasteiger partial charge in [-0.2, -0.15) is 0 Å². The minimum Gasteiger partial charge on any atom is -0.494 e. The highest BCUT2D eigenvalue weighted by Crippen LogP contribution is 2.52. The molecule has 1 fully saturated rings. The van der Waals surface area contributed by atoms with Gasteiger partial charge in [-0.15, -0.1) is 0 Å². The molecule has 2 aliphatic heterocycles. The third-order valence-corrected chi connectivity index (χ3v) is 6.78. The summed E-state index contributed by atoms with van der Waals surface area (Å²) in [6, 6.07) is 14.8. The van der Waals surface area contributed by atoms with Crippen LogP contribution in [0.1, 0.15) is 63.1 Å². The average Bonchev–Trinajstić information content (AvgIpc) is 2.93. The molecule has 0 saturated carbocycles. The largest absolute Gasteiger partial charge is 0.494 e. The Bertz CT molecular complexity index is 994. The fraction of sp³-hybridized carbons (Fsp3) is 0.444. The van der Waals surface area contributed by atoms with Crippen LogP contribution in [0.2, 0.25) is 0 Å². The maximum absolute atomic E-state index is 12.6. The lowest BCUT2D eigenvalue weighted by molar-refractivity contribution is -0.124. The van der Waals surface area contributed by atoms with Crippen molar-refractivity contribution in [3.63, 3.8) is 0 Å². The summed E-state index contributed by atoms with van der Waals surface area (Å²) in [4.78, 5) is 14.9. The Hall–Kier alpha value is -2.75. The smallest absolute Gasteiger partial charge is 0.223 e. The van der Waals surface area contributed by atoms with Gasteiger partial charge in [0.2, 0.25) is 5.91 Å². The summed E-state index contributed by atoms with van der Waals surface area (Å²) < 4.78 is 5.93. The zero-order valence-electron chi connectivity index (χ0n) is 19.2. The van der Waals surface area contributed by atoms with Crippen molar-refractivity contribution in [3.05, 3.63) is 65.2 Å². The predicted molar refractivity (Wildman–Crippen MR) is 128 cm³/mol. The Kier molecular flexibility index (Phi) is 5.83. The lowest BCUT2D eigenvalue weighted by Gasteiger charge is -2.49. The van der Waals surface area contributed by atoms with Crippen LogP contribution in [0.3, 0.4) is 0 Å². The van der Waals surface area contributed by atoms with Gasteiger partial charge in [0.1, 0.15) is 11.4 Å². The molecule has 4 nitrogen and oxygen atoms in total. The Balaban J connectivity index is 1.65. The Morgan fingerprint density at radius 2 is 2.00 bits per heavy atom. The molecule has 2 aliphatic rings. The van der Waals surface area contributed by atoms with Crippen LogP contribution in [0.5, 0.6) is 5.75 Å². The highest BCUT2D eigenvalue weighted by molar-refractivity contribution is 5.84. The maximum atomic E-state index is 12.6. The fourth-order valence-corrected chi connectivity index (χ4v) is 4.93. The number of rotatable bonds is 7. The molecule has 31 heavy (non-hydrogen) atoms. The lowest BCUT2D eigenvalue weighted by atomic mass is 9.74. The SMILES string of the molecule is CCCCCOc1cccc(C=C[C@@]23NC(=O)CCN2c2ccc(C)cc2C3(C)C)c1. The van der Waals surface area contributed by atoms with Gasteiger partial charge in [-0.3, -0.25) is 4.79 Å². The van der Waals surface area contributed by atoms with Gasteiger partial charge in [-0.05, 0) is 48.7 Å². The molecule has 1 amide bonds. The topological polar surface area (TPSA) is 41.6 Å². The maximum Gasteiger partial charge on any atom is 0.223 e. The third kappa shape index (κ3) is 3.84. The number of unbranched alkanes of at least 4 members (excludes halogenated alkanes) is 2. The number of benzene rings is 2. The van der Waals surface area contributed by atoms with E-state index in [1.807, 2.05) is 12.1 Å². The van der Waals surface area contributed by atoms with Crippen LogP contribution >= 0.6 is 0 Å². The Morgan fingerprint density at radius 1 is 1.16 bits per heavy atom. The molecule has 164 valence electrons. The predicted octanol–water partition coefficient (Wildman–Crippen LogP) is 5.59. The lowest BCUT2D eigenvalue weighted by Crippen LogP contribution is -2.68. The van der Waals surface area contributed by atoms with E-state index in [0.29, 0.717) is 6.42 Å². The molecule has 1 N–H and O–H groups in total. The van der Waals surface area contributed by atoms with E-state index in [9.17, 15) is 4.79 Å². The summed E-state index contributed by atoms with van der Waals surface area (Å²) in [6.45, 7) is 10.2. The molecule has 2 heterocycles. The number of ether oxygens (including phenoxy) is 1. The second-order valence-corrected chi connectivity index (χ2v) is 9.32. The second-order valence-electron chi connectivity index (χ2n) is 9.32. The molecule has 2 aromatic rings. The molecule has 0 aliphatic carbocycles. The van der Waals surface area contributed by atoms with Gasteiger partial charge in [0.15, 0.2) is 0 Å². The normalized spacial score (nSPS) is 21.7. The number of carbonyl (C=O) groups excluding carboxylic acids is 1. The fourth-order valence-electron chi connectivity index (χ4n) is 4.93. The van der Waals surface area contributed by atoms with Gasteiger partial charge in [-0.1, -0.05) is 69.5 Å². The summed E-state index contributed by atoms with van der Waals surface area (Å²) in [5, 5.41) is 3.35. The van der Waals surface area contributed by atoms with Crippen molar-refractivity contribution in [1.82, 2.24) is 5.32 Å². The zero-order valence-corrected chi connectivity index (χ0v) is 19.2. The average molecular weight is 419 g/mol. The minimum atomic E-state index is -0.587. The molecule has 0 spiro atoms. The minimum absolute atomic E-state index is 0.103. The number of hydrogen-bond donors (Lipinski definition) is 1. The van der Waals surface area contributed by atoms with Gasteiger partial charge in [0, 0.05) is 24.1 Å². The van der Waals surface area contributed by atoms with E-state index < -0.39 is 5.66 Å². The number of nitrogens with zero attached hydrogens (tertiary/aromatic N) is 1. The second kappa shape index (κ2) is 8.41. The molecule has 1 atom stereocenters. The standard InChI is InChI=1S/C27H34N2O2/c1-5-6-7-17-31-22-10-8-9-21(19-22)13-15-27-26(3,4)23-18-20(2)11-12-24(23)29(27)16-14-25(30)28-27/h8-13,15,18-19H,5-7,14,16-17H2,1-4H3,(H,28,30)/t27-/m1/s1. The molecule has 0 bridgehead atoms. The number of carbonyl (C=O) groups is 1. The van der Waals surface area contributed by atoms with E-state index in [0.717, 1.165) is 30.9 Å². The van der Waals surface area contributed by atoms with Crippen molar-refractivity contribution < 1.29 is 9.53 Å². The monoisotopic (exact) mass is 418 g/mol. The zero-order chi connectivity index (χ0) is 22.1. The summed E-state index contributed by atoms with van der Waals surface area (Å²) >= 11 is 0. The number of anilines is 1. The first kappa shape index (κ1) is 21.5. The van der Waals surface area contributed by atoms with Crippen LogP contribution in [0.15, 0.2) is 48.5 Å². The van der Waals surface area contributed by atoms with Crippen LogP contribution in [-0.2, 0) is 10.2 Å². The van der Waals surface area contributed by atoms with Crippen molar-refractivity contribution in [2.24, 2.45) is 0 Å². The van der Waals surface area contributed by atoms with Crippen LogP contribution in [0, 0.1) is 6.92 Å². The molecular formula is C27H34N2O2. The van der Waals surface area contributed by atoms with Crippen molar-refractivity contribution in [2.75, 3.05) is 18.1 Å². The van der Waals surface area contributed by atoms with Crippen molar-refractivity contribution in [2.45, 2.75) is 64.5 Å². The first-order chi connectivity index (χ1) is 14.9. The quantitative estimate of drug-likeness (QED) is 0.596. The van der Waals surface area contributed by atoms with Gasteiger partial charge in [0.25, 0.3) is 0 Å². The van der Waals surface area contributed by atoms with Gasteiger partial charge >= 0.3 is 0 Å². The van der Waals surface area contributed by atoms with E-state index in [2.05, 4.69) is 80.4 Å². The number of fused-ring (bicyclic) bond motifs is 3. The Morgan fingerprint density at radius 3 is 2.81 bits per heavy atom. The first-order valence-electron chi connectivity index (χ1n) is 11.5. The van der Waals surface area contributed by atoms with Crippen LogP contribution in [0.4, 0.5) is 5.69 Å². The first-order valence-corrected chi connectivity index (χ1v) is 11.5. The summed E-state index contributed by atoms with van der Waals surface area (Å²) in [5.74, 6) is 0.997. The van der Waals surface area contributed by atoms with Crippen LogP contribution in [0.25, 0.3) is 6.08 Å². The van der Waals surface area contributed by atoms with Crippen molar-refractivity contribution >= 4 is 17.7 Å². The van der Waals surface area contributed by atoms with E-state index in [4.69, 9.17) is 4.74 Å². The van der Waals surface area contributed by atoms with Crippen molar-refractivity contribution in [3.8, 4) is 5.75 Å². The Labute approximate surface area is 186 Å². The summed E-state index contributed by atoms with van der Waals surface area (Å²) in [7, 11) is 0. The van der Waals surface area contributed by atoms with E-state index in [1.54, 1.807) is 0 Å². The van der Waals surface area contributed by atoms with Gasteiger partial charge in [0.05, 0.1) is 6.61 Å². The number of aryl methyl sites for hydroxylation is 1. The molecule has 2 aromatic carbocycles. The van der Waals surface area contributed by atoms with Gasteiger partial charge in [-0.25, -0.2) is 0 Å². The van der Waals surface area contributed by atoms with Crippen LogP contribution < -0.4 is 15.0 Å². The van der Waals surface area contributed by atoms with E-state index in [-0.39, 0.29) is 11.3 Å². The van der Waals surface area contributed by atoms with Crippen molar-refractivity contribution in [1.29, 1.82) is 0 Å². The molecular weight excluding hydrogens is 384 g/mol. The van der Waals surface area contributed by atoms with Gasteiger partial charge < -0.3 is 15.0 Å². The van der Waals surface area contributed by atoms with E-state index >= 15 is 0 Å². The molecule has 0 unspecified atom stereocenters. The molecule has 0 aromatic heterocycles. The highest BCUT2D eigenvalue weighted by atomic mass is 16.5. The molecule has 1 saturated heterocycles.